The Labute approximate surface area is 72.8 Å². The fourth-order valence-corrected chi connectivity index (χ4v) is 1.92. The van der Waals surface area contributed by atoms with Crippen molar-refractivity contribution in [3.63, 3.8) is 0 Å². The first-order chi connectivity index (χ1) is 5.86. The molecule has 0 saturated heterocycles. The minimum atomic E-state index is 0.652. The van der Waals surface area contributed by atoms with E-state index in [9.17, 15) is 0 Å². The Morgan fingerprint density at radius 3 is 2.67 bits per heavy atom. The lowest BCUT2D eigenvalue weighted by molar-refractivity contribution is 0.699. The van der Waals surface area contributed by atoms with Crippen molar-refractivity contribution in [3.05, 3.63) is 23.9 Å². The van der Waals surface area contributed by atoms with E-state index in [1.54, 1.807) is 0 Å². The van der Waals surface area contributed by atoms with Crippen molar-refractivity contribution in [3.8, 4) is 0 Å². The van der Waals surface area contributed by atoms with E-state index < -0.39 is 0 Å². The van der Waals surface area contributed by atoms with Crippen LogP contribution in [-0.4, -0.2) is 4.98 Å². The van der Waals surface area contributed by atoms with Gasteiger partial charge in [0.1, 0.15) is 5.82 Å². The highest BCUT2D eigenvalue weighted by molar-refractivity contribution is 5.30. The molecule has 1 fully saturated rings. The number of nitrogens with two attached hydrogens (primary N) is 1. The molecule has 1 aromatic heterocycles. The van der Waals surface area contributed by atoms with E-state index in [0.29, 0.717) is 11.7 Å². The lowest BCUT2D eigenvalue weighted by atomic mass is 10.0. The second-order valence-electron chi connectivity index (χ2n) is 3.47. The summed E-state index contributed by atoms with van der Waals surface area (Å²) >= 11 is 0. The van der Waals surface area contributed by atoms with Crippen LogP contribution in [0.5, 0.6) is 0 Å². The Balaban J connectivity index is 2.21. The van der Waals surface area contributed by atoms with Crippen molar-refractivity contribution in [2.45, 2.75) is 31.6 Å². The number of hydrogen-bond acceptors (Lipinski definition) is 2. The number of anilines is 1. The average Bonchev–Trinajstić information content (AvgIpc) is 2.56. The van der Waals surface area contributed by atoms with Gasteiger partial charge in [-0.2, -0.15) is 0 Å². The molecule has 0 unspecified atom stereocenters. The van der Waals surface area contributed by atoms with Gasteiger partial charge < -0.3 is 5.73 Å². The molecular weight excluding hydrogens is 148 g/mol. The topological polar surface area (TPSA) is 38.9 Å². The molecule has 0 aliphatic heterocycles. The summed E-state index contributed by atoms with van der Waals surface area (Å²) in [6.07, 6.45) is 5.27. The van der Waals surface area contributed by atoms with Crippen LogP contribution in [-0.2, 0) is 0 Å². The molecule has 1 aromatic rings. The minimum Gasteiger partial charge on any atom is -0.384 e. The minimum absolute atomic E-state index is 0.652. The third-order valence-electron chi connectivity index (χ3n) is 2.57. The molecule has 0 aromatic carbocycles. The summed E-state index contributed by atoms with van der Waals surface area (Å²) in [5.41, 5.74) is 6.80. The Hall–Kier alpha value is -1.05. The second kappa shape index (κ2) is 3.13. The Bertz CT molecular complexity index is 264. The molecule has 0 spiro atoms. The van der Waals surface area contributed by atoms with E-state index in [2.05, 4.69) is 11.1 Å². The first kappa shape index (κ1) is 7.59. The van der Waals surface area contributed by atoms with Gasteiger partial charge in [0.2, 0.25) is 0 Å². The summed E-state index contributed by atoms with van der Waals surface area (Å²) in [5, 5.41) is 0. The van der Waals surface area contributed by atoms with E-state index in [-0.39, 0.29) is 0 Å². The largest absolute Gasteiger partial charge is 0.384 e. The Morgan fingerprint density at radius 2 is 2.00 bits per heavy atom. The van der Waals surface area contributed by atoms with Crippen LogP contribution in [0.4, 0.5) is 5.82 Å². The van der Waals surface area contributed by atoms with E-state index in [0.717, 1.165) is 0 Å². The predicted octanol–water partition coefficient (Wildman–Crippen LogP) is 2.32. The van der Waals surface area contributed by atoms with Crippen molar-refractivity contribution in [1.29, 1.82) is 0 Å². The van der Waals surface area contributed by atoms with Crippen molar-refractivity contribution in [1.82, 2.24) is 4.98 Å². The highest BCUT2D eigenvalue weighted by Gasteiger charge is 2.17. The standard InChI is InChI=1S/C10H14N2/c11-10-7-3-6-9(12-10)8-4-1-2-5-8/h3,6-8H,1-2,4-5H2,(H2,11,12). The van der Waals surface area contributed by atoms with Crippen molar-refractivity contribution < 1.29 is 0 Å². The van der Waals surface area contributed by atoms with Crippen LogP contribution in [0, 0.1) is 0 Å². The molecular formula is C10H14N2. The molecule has 0 atom stereocenters. The van der Waals surface area contributed by atoms with Crippen molar-refractivity contribution in [2.24, 2.45) is 0 Å². The third kappa shape index (κ3) is 1.42. The van der Waals surface area contributed by atoms with Crippen LogP contribution in [0.2, 0.25) is 0 Å². The normalized spacial score (nSPS) is 18.3. The van der Waals surface area contributed by atoms with Gasteiger partial charge in [-0.25, -0.2) is 4.98 Å². The quantitative estimate of drug-likeness (QED) is 0.688. The van der Waals surface area contributed by atoms with Crippen LogP contribution >= 0.6 is 0 Å². The molecule has 2 nitrogen and oxygen atoms in total. The zero-order valence-corrected chi connectivity index (χ0v) is 7.16. The fraction of sp³-hybridized carbons (Fsp3) is 0.500. The van der Waals surface area contributed by atoms with Gasteiger partial charge in [0, 0.05) is 11.6 Å². The lowest BCUT2D eigenvalue weighted by Crippen LogP contribution is -1.98. The first-order valence-electron chi connectivity index (χ1n) is 4.59. The zero-order valence-electron chi connectivity index (χ0n) is 7.16. The number of hydrogen-bond donors (Lipinski definition) is 1. The Kier molecular flexibility index (Phi) is 1.98. The average molecular weight is 162 g/mol. The van der Waals surface area contributed by atoms with Gasteiger partial charge >= 0.3 is 0 Å². The van der Waals surface area contributed by atoms with E-state index in [1.807, 2.05) is 12.1 Å². The van der Waals surface area contributed by atoms with Gasteiger partial charge in [0.05, 0.1) is 0 Å². The molecule has 64 valence electrons. The highest BCUT2D eigenvalue weighted by atomic mass is 14.8. The van der Waals surface area contributed by atoms with E-state index in [4.69, 9.17) is 5.73 Å². The van der Waals surface area contributed by atoms with Crippen LogP contribution < -0.4 is 5.73 Å². The van der Waals surface area contributed by atoms with Crippen LogP contribution in [0.3, 0.4) is 0 Å². The summed E-state index contributed by atoms with van der Waals surface area (Å²) in [6, 6.07) is 5.93. The summed E-state index contributed by atoms with van der Waals surface area (Å²) < 4.78 is 0. The molecule has 1 heterocycles. The molecule has 2 rings (SSSR count). The van der Waals surface area contributed by atoms with E-state index >= 15 is 0 Å². The number of rotatable bonds is 1. The molecule has 0 bridgehead atoms. The van der Waals surface area contributed by atoms with Gasteiger partial charge in [0.15, 0.2) is 0 Å². The number of pyridine rings is 1. The van der Waals surface area contributed by atoms with Crippen LogP contribution in [0.25, 0.3) is 0 Å². The Morgan fingerprint density at radius 1 is 1.25 bits per heavy atom. The monoisotopic (exact) mass is 162 g/mol. The van der Waals surface area contributed by atoms with Gasteiger partial charge in [-0.1, -0.05) is 18.9 Å². The summed E-state index contributed by atoms with van der Waals surface area (Å²) in [4.78, 5) is 4.33. The van der Waals surface area contributed by atoms with E-state index in [1.165, 1.54) is 31.4 Å². The fourth-order valence-electron chi connectivity index (χ4n) is 1.92. The number of aromatic nitrogens is 1. The molecule has 0 amide bonds. The van der Waals surface area contributed by atoms with Crippen molar-refractivity contribution >= 4 is 5.82 Å². The molecule has 2 heteroatoms. The molecule has 12 heavy (non-hydrogen) atoms. The third-order valence-corrected chi connectivity index (χ3v) is 2.57. The summed E-state index contributed by atoms with van der Waals surface area (Å²) in [5.74, 6) is 1.33. The SMILES string of the molecule is Nc1cccc(C2CCCC2)n1. The maximum absolute atomic E-state index is 5.62. The maximum atomic E-state index is 5.62. The molecule has 2 N–H and O–H groups in total. The number of nitrogens with zero attached hydrogens (tertiary/aromatic N) is 1. The van der Waals surface area contributed by atoms with Crippen LogP contribution in [0.15, 0.2) is 18.2 Å². The highest BCUT2D eigenvalue weighted by Crippen LogP contribution is 2.32. The lowest BCUT2D eigenvalue weighted by Gasteiger charge is -2.07. The molecule has 0 radical (unpaired) electrons. The molecule has 1 aliphatic carbocycles. The van der Waals surface area contributed by atoms with Crippen molar-refractivity contribution in [2.75, 3.05) is 5.73 Å². The van der Waals surface area contributed by atoms with Gasteiger partial charge in [-0.15, -0.1) is 0 Å². The smallest absolute Gasteiger partial charge is 0.123 e. The van der Waals surface area contributed by atoms with Crippen LogP contribution in [0.1, 0.15) is 37.3 Å². The predicted molar refractivity (Wildman–Crippen MR) is 49.9 cm³/mol. The van der Waals surface area contributed by atoms with Gasteiger partial charge in [0.25, 0.3) is 0 Å². The van der Waals surface area contributed by atoms with Gasteiger partial charge in [-0.3, -0.25) is 0 Å². The first-order valence-corrected chi connectivity index (χ1v) is 4.59. The number of nitrogen functional groups attached to an aromatic ring is 1. The summed E-state index contributed by atoms with van der Waals surface area (Å²) in [6.45, 7) is 0. The molecule has 1 saturated carbocycles. The zero-order chi connectivity index (χ0) is 8.39. The molecule has 1 aliphatic rings. The van der Waals surface area contributed by atoms with Gasteiger partial charge in [-0.05, 0) is 25.0 Å². The second-order valence-corrected chi connectivity index (χ2v) is 3.47. The summed E-state index contributed by atoms with van der Waals surface area (Å²) in [7, 11) is 0. The maximum Gasteiger partial charge on any atom is 0.123 e.